The molecule has 0 saturated heterocycles. The number of aromatic nitrogens is 1. The van der Waals surface area contributed by atoms with Gasteiger partial charge in [0.2, 0.25) is 5.91 Å². The number of carbonyl (C=O) groups excluding carboxylic acids is 1. The number of pyridine rings is 1. The Kier molecular flexibility index (Phi) is 2.11. The minimum absolute atomic E-state index is 0.0744. The molecule has 1 heterocycles. The molecule has 0 spiro atoms. The monoisotopic (exact) mass is 191 g/mol. The predicted molar refractivity (Wildman–Crippen MR) is 54.7 cm³/mol. The van der Waals surface area contributed by atoms with Crippen LogP contribution in [0.4, 0.5) is 11.5 Å². The Bertz CT molecular complexity index is 372. The van der Waals surface area contributed by atoms with Crippen LogP contribution in [0.25, 0.3) is 0 Å². The highest BCUT2D eigenvalue weighted by molar-refractivity contribution is 5.93. The van der Waals surface area contributed by atoms with Crippen molar-refractivity contribution in [2.75, 3.05) is 11.1 Å². The topological polar surface area (TPSA) is 68.0 Å². The zero-order chi connectivity index (χ0) is 10.1. The van der Waals surface area contributed by atoms with Gasteiger partial charge in [0.05, 0.1) is 11.9 Å². The number of aryl methyl sites for hydroxylation is 1. The van der Waals surface area contributed by atoms with Gasteiger partial charge in [-0.2, -0.15) is 0 Å². The summed E-state index contributed by atoms with van der Waals surface area (Å²) < 4.78 is 0. The average Bonchev–Trinajstić information content (AvgIpc) is 2.92. The first-order valence-corrected chi connectivity index (χ1v) is 4.70. The Balaban J connectivity index is 2.11. The fraction of sp³-hybridized carbons (Fsp3) is 0.400. The van der Waals surface area contributed by atoms with E-state index in [-0.39, 0.29) is 11.8 Å². The van der Waals surface area contributed by atoms with Gasteiger partial charge < -0.3 is 11.1 Å². The SMILES string of the molecule is Cc1cc(N)cnc1NC(=O)C1CC1. The Morgan fingerprint density at radius 1 is 1.64 bits per heavy atom. The Labute approximate surface area is 82.5 Å². The van der Waals surface area contributed by atoms with Gasteiger partial charge in [-0.05, 0) is 31.4 Å². The Morgan fingerprint density at radius 3 is 2.93 bits per heavy atom. The molecule has 1 saturated carbocycles. The van der Waals surface area contributed by atoms with Crippen molar-refractivity contribution in [2.45, 2.75) is 19.8 Å². The second-order valence-corrected chi connectivity index (χ2v) is 3.70. The van der Waals surface area contributed by atoms with Gasteiger partial charge in [-0.3, -0.25) is 4.79 Å². The van der Waals surface area contributed by atoms with E-state index in [0.717, 1.165) is 18.4 Å². The molecule has 74 valence electrons. The van der Waals surface area contributed by atoms with Gasteiger partial charge in [0, 0.05) is 5.92 Å². The van der Waals surface area contributed by atoms with Crippen LogP contribution in [0.5, 0.6) is 0 Å². The van der Waals surface area contributed by atoms with Crippen LogP contribution in [0.15, 0.2) is 12.3 Å². The Hall–Kier alpha value is -1.58. The number of hydrogen-bond donors (Lipinski definition) is 2. The average molecular weight is 191 g/mol. The van der Waals surface area contributed by atoms with E-state index in [1.54, 1.807) is 12.3 Å². The standard InChI is InChI=1S/C10H13N3O/c1-6-4-8(11)5-12-9(6)13-10(14)7-2-3-7/h4-5,7H,2-3,11H2,1H3,(H,12,13,14). The normalized spacial score (nSPS) is 15.2. The summed E-state index contributed by atoms with van der Waals surface area (Å²) in [6.45, 7) is 1.88. The second kappa shape index (κ2) is 3.29. The fourth-order valence-corrected chi connectivity index (χ4v) is 1.29. The highest BCUT2D eigenvalue weighted by Crippen LogP contribution is 2.30. The van der Waals surface area contributed by atoms with Gasteiger partial charge in [-0.15, -0.1) is 0 Å². The summed E-state index contributed by atoms with van der Waals surface area (Å²) in [6.07, 6.45) is 3.55. The van der Waals surface area contributed by atoms with Crippen LogP contribution in [-0.4, -0.2) is 10.9 Å². The molecule has 0 aromatic carbocycles. The fourth-order valence-electron chi connectivity index (χ4n) is 1.29. The molecule has 1 fully saturated rings. The molecular weight excluding hydrogens is 178 g/mol. The largest absolute Gasteiger partial charge is 0.397 e. The van der Waals surface area contributed by atoms with Crippen molar-refractivity contribution in [3.63, 3.8) is 0 Å². The number of amides is 1. The van der Waals surface area contributed by atoms with Crippen LogP contribution >= 0.6 is 0 Å². The number of nitrogen functional groups attached to an aromatic ring is 1. The highest BCUT2D eigenvalue weighted by atomic mass is 16.2. The van der Waals surface area contributed by atoms with Crippen molar-refractivity contribution in [1.29, 1.82) is 0 Å². The minimum atomic E-state index is 0.0744. The summed E-state index contributed by atoms with van der Waals surface area (Å²) in [5, 5.41) is 2.79. The van der Waals surface area contributed by atoms with Crippen molar-refractivity contribution in [3.8, 4) is 0 Å². The van der Waals surface area contributed by atoms with Gasteiger partial charge in [0.1, 0.15) is 5.82 Å². The van der Waals surface area contributed by atoms with E-state index in [1.807, 2.05) is 6.92 Å². The minimum Gasteiger partial charge on any atom is -0.397 e. The molecule has 0 unspecified atom stereocenters. The molecule has 4 nitrogen and oxygen atoms in total. The van der Waals surface area contributed by atoms with Crippen molar-refractivity contribution in [2.24, 2.45) is 5.92 Å². The zero-order valence-corrected chi connectivity index (χ0v) is 8.08. The first-order chi connectivity index (χ1) is 6.66. The molecule has 0 radical (unpaired) electrons. The summed E-state index contributed by atoms with van der Waals surface area (Å²) >= 11 is 0. The molecule has 0 bridgehead atoms. The Morgan fingerprint density at radius 2 is 2.36 bits per heavy atom. The summed E-state index contributed by atoms with van der Waals surface area (Å²) in [7, 11) is 0. The third kappa shape index (κ3) is 1.84. The number of nitrogens with one attached hydrogen (secondary N) is 1. The number of rotatable bonds is 2. The number of carbonyl (C=O) groups is 1. The highest BCUT2D eigenvalue weighted by Gasteiger charge is 2.29. The lowest BCUT2D eigenvalue weighted by Crippen LogP contribution is -2.15. The van der Waals surface area contributed by atoms with E-state index in [0.29, 0.717) is 11.5 Å². The smallest absolute Gasteiger partial charge is 0.228 e. The molecule has 3 N–H and O–H groups in total. The zero-order valence-electron chi connectivity index (χ0n) is 8.08. The maximum atomic E-state index is 11.4. The first-order valence-electron chi connectivity index (χ1n) is 4.70. The van der Waals surface area contributed by atoms with E-state index in [1.165, 1.54) is 0 Å². The third-order valence-electron chi connectivity index (χ3n) is 2.29. The summed E-state index contributed by atoms with van der Waals surface area (Å²) in [6, 6.07) is 1.80. The van der Waals surface area contributed by atoms with Crippen LogP contribution in [0.2, 0.25) is 0 Å². The van der Waals surface area contributed by atoms with Crippen molar-refractivity contribution < 1.29 is 4.79 Å². The number of nitrogens with two attached hydrogens (primary N) is 1. The maximum Gasteiger partial charge on any atom is 0.228 e. The van der Waals surface area contributed by atoms with Gasteiger partial charge in [-0.25, -0.2) is 4.98 Å². The van der Waals surface area contributed by atoms with Gasteiger partial charge >= 0.3 is 0 Å². The van der Waals surface area contributed by atoms with E-state index >= 15 is 0 Å². The lowest BCUT2D eigenvalue weighted by Gasteiger charge is -2.06. The molecule has 1 aromatic rings. The van der Waals surface area contributed by atoms with Crippen molar-refractivity contribution in [1.82, 2.24) is 4.98 Å². The van der Waals surface area contributed by atoms with E-state index in [2.05, 4.69) is 10.3 Å². The summed E-state index contributed by atoms with van der Waals surface area (Å²) in [4.78, 5) is 15.5. The third-order valence-corrected chi connectivity index (χ3v) is 2.29. The molecular formula is C10H13N3O. The lowest BCUT2D eigenvalue weighted by atomic mass is 10.2. The van der Waals surface area contributed by atoms with Crippen molar-refractivity contribution in [3.05, 3.63) is 17.8 Å². The molecule has 1 amide bonds. The van der Waals surface area contributed by atoms with Gasteiger partial charge in [-0.1, -0.05) is 0 Å². The number of anilines is 2. The molecule has 1 aromatic heterocycles. The van der Waals surface area contributed by atoms with Crippen LogP contribution in [-0.2, 0) is 4.79 Å². The maximum absolute atomic E-state index is 11.4. The van der Waals surface area contributed by atoms with Crippen LogP contribution in [0, 0.1) is 12.8 Å². The summed E-state index contributed by atoms with van der Waals surface area (Å²) in [5.41, 5.74) is 7.07. The molecule has 2 rings (SSSR count). The van der Waals surface area contributed by atoms with Gasteiger partial charge in [0.15, 0.2) is 0 Å². The van der Waals surface area contributed by atoms with E-state index in [9.17, 15) is 4.79 Å². The molecule has 14 heavy (non-hydrogen) atoms. The van der Waals surface area contributed by atoms with Crippen LogP contribution in [0.1, 0.15) is 18.4 Å². The molecule has 0 atom stereocenters. The second-order valence-electron chi connectivity index (χ2n) is 3.70. The molecule has 4 heteroatoms. The van der Waals surface area contributed by atoms with Crippen molar-refractivity contribution >= 4 is 17.4 Å². The van der Waals surface area contributed by atoms with Crippen LogP contribution in [0.3, 0.4) is 0 Å². The quantitative estimate of drug-likeness (QED) is 0.740. The number of hydrogen-bond acceptors (Lipinski definition) is 3. The molecule has 1 aliphatic rings. The summed E-state index contributed by atoms with van der Waals surface area (Å²) in [5.74, 6) is 0.898. The molecule has 1 aliphatic carbocycles. The van der Waals surface area contributed by atoms with Crippen LogP contribution < -0.4 is 11.1 Å². The van der Waals surface area contributed by atoms with E-state index < -0.39 is 0 Å². The first kappa shape index (κ1) is 8.99. The predicted octanol–water partition coefficient (Wildman–Crippen LogP) is 1.32. The molecule has 0 aliphatic heterocycles. The lowest BCUT2D eigenvalue weighted by molar-refractivity contribution is -0.117. The van der Waals surface area contributed by atoms with E-state index in [4.69, 9.17) is 5.73 Å². The van der Waals surface area contributed by atoms with Gasteiger partial charge in [0.25, 0.3) is 0 Å². The number of nitrogens with zero attached hydrogens (tertiary/aromatic N) is 1.